The van der Waals surface area contributed by atoms with Crippen LogP contribution in [0.3, 0.4) is 0 Å². The Morgan fingerprint density at radius 1 is 1.45 bits per heavy atom. The fraction of sp³-hybridized carbons (Fsp3) is 0.0667. The van der Waals surface area contributed by atoms with E-state index in [2.05, 4.69) is 27.0 Å². The van der Waals surface area contributed by atoms with Gasteiger partial charge in [-0.1, -0.05) is 6.07 Å². The minimum Gasteiger partial charge on any atom is -0.503 e. The summed E-state index contributed by atoms with van der Waals surface area (Å²) in [6, 6.07) is 10.9. The van der Waals surface area contributed by atoms with Crippen molar-refractivity contribution in [3.8, 4) is 17.6 Å². The Hall–Kier alpha value is -2.32. The molecular weight excluding hydrogens is 320 g/mol. The number of pyridine rings is 1. The van der Waals surface area contributed by atoms with E-state index < -0.39 is 0 Å². The lowest BCUT2D eigenvalue weighted by Gasteiger charge is -2.07. The molecule has 0 amide bonds. The maximum absolute atomic E-state index is 9.76. The summed E-state index contributed by atoms with van der Waals surface area (Å²) in [5.41, 5.74) is 1.76. The summed E-state index contributed by atoms with van der Waals surface area (Å²) in [6.07, 6.45) is 3.32. The zero-order valence-corrected chi connectivity index (χ0v) is 12.3. The number of nitriles is 1. The Kier molecular flexibility index (Phi) is 4.38. The van der Waals surface area contributed by atoms with Gasteiger partial charge in [0.15, 0.2) is 11.5 Å². The molecule has 0 atom stereocenters. The molecule has 0 radical (unpaired) electrons. The van der Waals surface area contributed by atoms with Crippen molar-refractivity contribution in [2.75, 3.05) is 7.11 Å². The second-order valence-corrected chi connectivity index (χ2v) is 4.79. The smallest absolute Gasteiger partial charge is 0.172 e. The summed E-state index contributed by atoms with van der Waals surface area (Å²) in [6.45, 7) is 0. The topological polar surface area (TPSA) is 66.1 Å². The standard InChI is InChI=1S/C15H11BrN2O2/c1-20-14-8-10(7-12(16)15(14)19)6-11(9-17)13-4-2-3-5-18-13/h2-8,19H,1H3. The van der Waals surface area contributed by atoms with Crippen molar-refractivity contribution < 1.29 is 9.84 Å². The first kappa shape index (κ1) is 14.1. The van der Waals surface area contributed by atoms with Gasteiger partial charge in [-0.2, -0.15) is 5.26 Å². The summed E-state index contributed by atoms with van der Waals surface area (Å²) >= 11 is 3.25. The van der Waals surface area contributed by atoms with Crippen molar-refractivity contribution >= 4 is 27.6 Å². The summed E-state index contributed by atoms with van der Waals surface area (Å²) in [7, 11) is 1.47. The molecule has 1 aromatic carbocycles. The minimum absolute atomic E-state index is 0.0287. The molecule has 0 aliphatic heterocycles. The number of aromatic hydroxyl groups is 1. The highest BCUT2D eigenvalue weighted by molar-refractivity contribution is 9.10. The van der Waals surface area contributed by atoms with Crippen LogP contribution in [-0.2, 0) is 0 Å². The second-order valence-electron chi connectivity index (χ2n) is 3.94. The number of hydrogen-bond donors (Lipinski definition) is 1. The van der Waals surface area contributed by atoms with Crippen molar-refractivity contribution in [2.24, 2.45) is 0 Å². The van der Waals surface area contributed by atoms with Gasteiger partial charge in [0.2, 0.25) is 0 Å². The molecule has 0 bridgehead atoms. The molecule has 100 valence electrons. The van der Waals surface area contributed by atoms with Crippen LogP contribution in [0.15, 0.2) is 41.0 Å². The van der Waals surface area contributed by atoms with Crippen LogP contribution in [0.25, 0.3) is 11.6 Å². The van der Waals surface area contributed by atoms with Crippen molar-refractivity contribution in [2.45, 2.75) is 0 Å². The van der Waals surface area contributed by atoms with E-state index in [4.69, 9.17) is 4.74 Å². The lowest BCUT2D eigenvalue weighted by molar-refractivity contribution is 0.372. The number of phenolic OH excluding ortho intramolecular Hbond substituents is 1. The molecule has 1 N–H and O–H groups in total. The summed E-state index contributed by atoms with van der Waals surface area (Å²) in [4.78, 5) is 4.15. The molecule has 0 aliphatic rings. The molecule has 0 aliphatic carbocycles. The lowest BCUT2D eigenvalue weighted by Crippen LogP contribution is -1.88. The predicted molar refractivity (Wildman–Crippen MR) is 80.1 cm³/mol. The van der Waals surface area contributed by atoms with E-state index in [1.807, 2.05) is 6.07 Å². The number of halogens is 1. The van der Waals surface area contributed by atoms with E-state index in [9.17, 15) is 10.4 Å². The molecule has 2 aromatic rings. The summed E-state index contributed by atoms with van der Waals surface area (Å²) < 4.78 is 5.58. The van der Waals surface area contributed by atoms with Crippen LogP contribution >= 0.6 is 15.9 Å². The summed E-state index contributed by atoms with van der Waals surface area (Å²) in [5, 5.41) is 19.0. The molecule has 0 spiro atoms. The van der Waals surface area contributed by atoms with Crippen LogP contribution in [0.5, 0.6) is 11.5 Å². The molecule has 5 heteroatoms. The third-order valence-electron chi connectivity index (χ3n) is 2.64. The Labute approximate surface area is 125 Å². The van der Waals surface area contributed by atoms with Gasteiger partial charge >= 0.3 is 0 Å². The Morgan fingerprint density at radius 2 is 2.25 bits per heavy atom. The van der Waals surface area contributed by atoms with Crippen molar-refractivity contribution in [1.82, 2.24) is 4.98 Å². The lowest BCUT2D eigenvalue weighted by atomic mass is 10.1. The second kappa shape index (κ2) is 6.22. The Bertz CT molecular complexity index is 691. The average Bonchev–Trinajstić information content (AvgIpc) is 2.49. The Balaban J connectivity index is 2.49. The quantitative estimate of drug-likeness (QED) is 0.873. The fourth-order valence-corrected chi connectivity index (χ4v) is 2.14. The van der Waals surface area contributed by atoms with Gasteiger partial charge in [-0.3, -0.25) is 4.98 Å². The van der Waals surface area contributed by atoms with E-state index in [0.29, 0.717) is 21.5 Å². The van der Waals surface area contributed by atoms with Crippen LogP contribution in [-0.4, -0.2) is 17.2 Å². The van der Waals surface area contributed by atoms with Gasteiger partial charge in [-0.15, -0.1) is 0 Å². The monoisotopic (exact) mass is 330 g/mol. The van der Waals surface area contributed by atoms with Crippen molar-refractivity contribution in [3.05, 3.63) is 52.3 Å². The number of benzene rings is 1. The number of nitrogens with zero attached hydrogens (tertiary/aromatic N) is 2. The average molecular weight is 331 g/mol. The van der Waals surface area contributed by atoms with Crippen molar-refractivity contribution in [1.29, 1.82) is 5.26 Å². The van der Waals surface area contributed by atoms with Crippen LogP contribution in [0.1, 0.15) is 11.3 Å². The van der Waals surface area contributed by atoms with Gasteiger partial charge < -0.3 is 9.84 Å². The third-order valence-corrected chi connectivity index (χ3v) is 3.25. The fourth-order valence-electron chi connectivity index (χ4n) is 1.68. The van der Waals surface area contributed by atoms with Gasteiger partial charge in [-0.05, 0) is 51.8 Å². The van der Waals surface area contributed by atoms with Gasteiger partial charge in [0.05, 0.1) is 22.8 Å². The number of methoxy groups -OCH3 is 1. The molecular formula is C15H11BrN2O2. The van der Waals surface area contributed by atoms with Crippen LogP contribution in [0.4, 0.5) is 0 Å². The molecule has 2 rings (SSSR count). The van der Waals surface area contributed by atoms with E-state index >= 15 is 0 Å². The van der Waals surface area contributed by atoms with E-state index in [-0.39, 0.29) is 5.75 Å². The highest BCUT2D eigenvalue weighted by Crippen LogP contribution is 2.36. The Morgan fingerprint density at radius 3 is 2.85 bits per heavy atom. The molecule has 1 aromatic heterocycles. The molecule has 20 heavy (non-hydrogen) atoms. The van der Waals surface area contributed by atoms with Gasteiger partial charge in [0, 0.05) is 6.20 Å². The maximum atomic E-state index is 9.76. The molecule has 1 heterocycles. The number of rotatable bonds is 3. The molecule has 0 unspecified atom stereocenters. The molecule has 0 saturated heterocycles. The first-order chi connectivity index (χ1) is 9.65. The van der Waals surface area contributed by atoms with Gasteiger partial charge in [0.1, 0.15) is 6.07 Å². The van der Waals surface area contributed by atoms with E-state index in [1.54, 1.807) is 36.5 Å². The first-order valence-corrected chi connectivity index (χ1v) is 6.54. The number of hydrogen-bond acceptors (Lipinski definition) is 4. The van der Waals surface area contributed by atoms with Gasteiger partial charge in [0.25, 0.3) is 0 Å². The zero-order chi connectivity index (χ0) is 14.5. The zero-order valence-electron chi connectivity index (χ0n) is 10.7. The SMILES string of the molecule is COc1cc(C=C(C#N)c2ccccn2)cc(Br)c1O. The number of ether oxygens (including phenoxy) is 1. The van der Waals surface area contributed by atoms with Crippen LogP contribution < -0.4 is 4.74 Å². The number of allylic oxidation sites excluding steroid dienone is 1. The van der Waals surface area contributed by atoms with Crippen LogP contribution in [0, 0.1) is 11.3 Å². The van der Waals surface area contributed by atoms with E-state index in [0.717, 1.165) is 5.56 Å². The number of aromatic nitrogens is 1. The normalized spacial score (nSPS) is 10.9. The predicted octanol–water partition coefficient (Wildman–Crippen LogP) is 3.62. The highest BCUT2D eigenvalue weighted by Gasteiger charge is 2.09. The molecule has 0 fully saturated rings. The van der Waals surface area contributed by atoms with Crippen molar-refractivity contribution in [3.63, 3.8) is 0 Å². The van der Waals surface area contributed by atoms with Gasteiger partial charge in [-0.25, -0.2) is 0 Å². The highest BCUT2D eigenvalue weighted by atomic mass is 79.9. The summed E-state index contributed by atoms with van der Waals surface area (Å²) in [5.74, 6) is 0.366. The molecule has 0 saturated carbocycles. The third kappa shape index (κ3) is 2.98. The molecule has 4 nitrogen and oxygen atoms in total. The largest absolute Gasteiger partial charge is 0.503 e. The maximum Gasteiger partial charge on any atom is 0.172 e. The minimum atomic E-state index is 0.0287. The van der Waals surface area contributed by atoms with Crippen LogP contribution in [0.2, 0.25) is 0 Å². The first-order valence-electron chi connectivity index (χ1n) is 5.75. The number of phenols is 1. The van der Waals surface area contributed by atoms with E-state index in [1.165, 1.54) is 7.11 Å².